The minimum Gasteiger partial charge on any atom is -0.384 e. The third kappa shape index (κ3) is 3.85. The Morgan fingerprint density at radius 3 is 2.87 bits per heavy atom. The van der Waals surface area contributed by atoms with Gasteiger partial charge in [0.2, 0.25) is 0 Å². The number of hydrogen-bond donors (Lipinski definition) is 2. The lowest BCUT2D eigenvalue weighted by Gasteiger charge is -2.23. The number of rotatable bonds is 6. The zero-order chi connectivity index (χ0) is 11.3. The molecule has 0 saturated heterocycles. The monoisotopic (exact) mass is 293 g/mol. The summed E-state index contributed by atoms with van der Waals surface area (Å²) in [5.74, 6) is 0. The molecule has 0 aliphatic carbocycles. The van der Waals surface area contributed by atoms with Crippen molar-refractivity contribution in [2.45, 2.75) is 12.5 Å². The van der Waals surface area contributed by atoms with Crippen LogP contribution >= 0.6 is 27.3 Å². The molecule has 1 atom stereocenters. The molecule has 2 N–H and O–H groups in total. The smallest absolute Gasteiger partial charge is 0.101 e. The highest BCUT2D eigenvalue weighted by Gasteiger charge is 2.25. The summed E-state index contributed by atoms with van der Waals surface area (Å²) in [6, 6.07) is 0. The van der Waals surface area contributed by atoms with E-state index in [-0.39, 0.29) is 0 Å². The molecule has 1 unspecified atom stereocenters. The molecule has 86 valence electrons. The van der Waals surface area contributed by atoms with Gasteiger partial charge in [0, 0.05) is 35.6 Å². The zero-order valence-corrected chi connectivity index (χ0v) is 11.3. The molecule has 1 aromatic heterocycles. The average Bonchev–Trinajstić information content (AvgIpc) is 2.60. The van der Waals surface area contributed by atoms with Crippen molar-refractivity contribution >= 4 is 27.3 Å². The molecule has 1 aromatic rings. The van der Waals surface area contributed by atoms with Crippen LogP contribution in [0.2, 0.25) is 0 Å². The van der Waals surface area contributed by atoms with E-state index in [9.17, 15) is 5.11 Å². The summed E-state index contributed by atoms with van der Waals surface area (Å²) in [6.07, 6.45) is 0. The number of thiophene rings is 1. The second kappa shape index (κ2) is 5.96. The maximum absolute atomic E-state index is 10.2. The van der Waals surface area contributed by atoms with Gasteiger partial charge in [-0.3, -0.25) is 0 Å². The van der Waals surface area contributed by atoms with Crippen LogP contribution in [0.15, 0.2) is 15.2 Å². The summed E-state index contributed by atoms with van der Waals surface area (Å²) in [4.78, 5) is 0. The minimum absolute atomic E-state index is 0.520. The van der Waals surface area contributed by atoms with E-state index < -0.39 is 5.60 Å². The van der Waals surface area contributed by atoms with Gasteiger partial charge in [0.25, 0.3) is 0 Å². The van der Waals surface area contributed by atoms with Gasteiger partial charge < -0.3 is 15.2 Å². The van der Waals surface area contributed by atoms with Crippen LogP contribution in [0, 0.1) is 0 Å². The van der Waals surface area contributed by atoms with E-state index in [4.69, 9.17) is 4.74 Å². The number of ether oxygens (including phenoxy) is 1. The lowest BCUT2D eigenvalue weighted by Crippen LogP contribution is -2.36. The highest BCUT2D eigenvalue weighted by molar-refractivity contribution is 9.10. The van der Waals surface area contributed by atoms with Gasteiger partial charge in [0.15, 0.2) is 0 Å². The lowest BCUT2D eigenvalue weighted by atomic mass is 9.99. The van der Waals surface area contributed by atoms with Crippen molar-refractivity contribution in [3.63, 3.8) is 0 Å². The third-order valence-electron chi connectivity index (χ3n) is 2.15. The van der Waals surface area contributed by atoms with Crippen LogP contribution < -0.4 is 5.32 Å². The van der Waals surface area contributed by atoms with Gasteiger partial charge in [0.1, 0.15) is 5.60 Å². The number of hydrogen-bond acceptors (Lipinski definition) is 4. The molecule has 0 aromatic carbocycles. The zero-order valence-electron chi connectivity index (χ0n) is 8.92. The Labute approximate surface area is 103 Å². The number of methoxy groups -OCH3 is 1. The summed E-state index contributed by atoms with van der Waals surface area (Å²) in [5, 5.41) is 17.3. The first-order valence-electron chi connectivity index (χ1n) is 4.72. The van der Waals surface area contributed by atoms with Crippen LogP contribution in [-0.4, -0.2) is 31.9 Å². The average molecular weight is 294 g/mol. The molecule has 0 spiro atoms. The van der Waals surface area contributed by atoms with Gasteiger partial charge in [0.05, 0.1) is 6.61 Å². The Morgan fingerprint density at radius 1 is 1.60 bits per heavy atom. The normalized spacial score (nSPS) is 15.2. The molecule has 3 nitrogen and oxygen atoms in total. The predicted molar refractivity (Wildman–Crippen MR) is 66.3 cm³/mol. The van der Waals surface area contributed by atoms with Gasteiger partial charge in [-0.2, -0.15) is 11.3 Å². The van der Waals surface area contributed by atoms with Crippen molar-refractivity contribution in [3.05, 3.63) is 20.8 Å². The maximum atomic E-state index is 10.2. The summed E-state index contributed by atoms with van der Waals surface area (Å²) < 4.78 is 5.88. The Hall–Kier alpha value is 0.0600. The van der Waals surface area contributed by atoms with Gasteiger partial charge in [-0.05, 0) is 28.2 Å². The van der Waals surface area contributed by atoms with E-state index in [1.807, 2.05) is 10.8 Å². The topological polar surface area (TPSA) is 41.5 Å². The van der Waals surface area contributed by atoms with Crippen LogP contribution in [0.5, 0.6) is 0 Å². The van der Waals surface area contributed by atoms with E-state index >= 15 is 0 Å². The fraction of sp³-hybridized carbons (Fsp3) is 0.600. The molecule has 0 saturated carbocycles. The lowest BCUT2D eigenvalue weighted by molar-refractivity contribution is 0.0547. The first-order chi connectivity index (χ1) is 7.08. The second-order valence-electron chi connectivity index (χ2n) is 3.58. The Kier molecular flexibility index (Phi) is 5.22. The molecule has 0 aliphatic heterocycles. The maximum Gasteiger partial charge on any atom is 0.101 e. The summed E-state index contributed by atoms with van der Waals surface area (Å²) >= 11 is 5.00. The number of halogens is 1. The minimum atomic E-state index is -0.841. The number of aliphatic hydroxyl groups is 1. The van der Waals surface area contributed by atoms with Crippen molar-refractivity contribution in [2.75, 3.05) is 26.8 Å². The number of nitrogens with one attached hydrogen (secondary N) is 1. The molecule has 0 amide bonds. The highest BCUT2D eigenvalue weighted by atomic mass is 79.9. The van der Waals surface area contributed by atoms with Gasteiger partial charge >= 0.3 is 0 Å². The fourth-order valence-electron chi connectivity index (χ4n) is 1.27. The molecular weight excluding hydrogens is 278 g/mol. The van der Waals surface area contributed by atoms with E-state index in [1.54, 1.807) is 25.4 Å². The van der Waals surface area contributed by atoms with E-state index in [2.05, 4.69) is 21.2 Å². The highest BCUT2D eigenvalue weighted by Crippen LogP contribution is 2.30. The molecule has 1 heterocycles. The first kappa shape index (κ1) is 13.1. The van der Waals surface area contributed by atoms with Crippen LogP contribution in [0.3, 0.4) is 0 Å². The van der Waals surface area contributed by atoms with Crippen molar-refractivity contribution in [1.82, 2.24) is 5.32 Å². The van der Waals surface area contributed by atoms with E-state index in [1.165, 1.54) is 0 Å². The molecule has 0 aliphatic rings. The summed E-state index contributed by atoms with van der Waals surface area (Å²) in [5.41, 5.74) is 0.0875. The predicted octanol–water partition coefficient (Wildman–Crippen LogP) is 1.95. The van der Waals surface area contributed by atoms with Crippen molar-refractivity contribution in [3.8, 4) is 0 Å². The molecule has 0 radical (unpaired) electrons. The summed E-state index contributed by atoms with van der Waals surface area (Å²) in [6.45, 7) is 3.72. The van der Waals surface area contributed by atoms with E-state index in [0.29, 0.717) is 13.2 Å². The molecular formula is C10H16BrNO2S. The second-order valence-corrected chi connectivity index (χ2v) is 5.17. The van der Waals surface area contributed by atoms with Gasteiger partial charge in [-0.1, -0.05) is 0 Å². The van der Waals surface area contributed by atoms with Crippen molar-refractivity contribution in [1.29, 1.82) is 0 Å². The van der Waals surface area contributed by atoms with Gasteiger partial charge in [-0.15, -0.1) is 0 Å². The van der Waals surface area contributed by atoms with Crippen LogP contribution in [-0.2, 0) is 10.3 Å². The first-order valence-corrected chi connectivity index (χ1v) is 6.45. The largest absolute Gasteiger partial charge is 0.384 e. The molecule has 0 bridgehead atoms. The van der Waals surface area contributed by atoms with Crippen LogP contribution in [0.25, 0.3) is 0 Å². The van der Waals surface area contributed by atoms with Crippen molar-refractivity contribution < 1.29 is 9.84 Å². The van der Waals surface area contributed by atoms with E-state index in [0.717, 1.165) is 16.6 Å². The quantitative estimate of drug-likeness (QED) is 0.788. The van der Waals surface area contributed by atoms with Gasteiger partial charge in [-0.25, -0.2) is 0 Å². The molecule has 0 fully saturated rings. The third-order valence-corrected chi connectivity index (χ3v) is 3.85. The standard InChI is InChI=1S/C10H16BrNO2S/c1-10(13,7-12-3-4-14-2)8-5-15-6-9(8)11/h5-6,12-13H,3-4,7H2,1-2H3. The van der Waals surface area contributed by atoms with Crippen LogP contribution in [0.1, 0.15) is 12.5 Å². The fourth-order valence-corrected chi connectivity index (χ4v) is 3.12. The Bertz CT molecular complexity index is 301. The van der Waals surface area contributed by atoms with Crippen LogP contribution in [0.4, 0.5) is 0 Å². The van der Waals surface area contributed by atoms with Crippen molar-refractivity contribution in [2.24, 2.45) is 0 Å². The Morgan fingerprint density at radius 2 is 2.33 bits per heavy atom. The molecule has 5 heteroatoms. The molecule has 15 heavy (non-hydrogen) atoms. The Balaban J connectivity index is 2.48. The summed E-state index contributed by atoms with van der Waals surface area (Å²) in [7, 11) is 1.66. The SMILES string of the molecule is COCCNCC(C)(O)c1cscc1Br. The molecule has 1 rings (SSSR count).